The van der Waals surface area contributed by atoms with Gasteiger partial charge in [-0.05, 0) is 18.6 Å². The Morgan fingerprint density at radius 3 is 2.78 bits per heavy atom. The van der Waals surface area contributed by atoms with Crippen molar-refractivity contribution in [3.05, 3.63) is 30.1 Å². The SMILES string of the molecule is CC(c1cccnc1)N1CC(N2CCNCC2)C1. The Bertz CT molecular complexity index is 369. The molecular weight excluding hydrogens is 224 g/mol. The van der Waals surface area contributed by atoms with Crippen molar-refractivity contribution < 1.29 is 0 Å². The zero-order chi connectivity index (χ0) is 12.4. The second kappa shape index (κ2) is 5.34. The zero-order valence-electron chi connectivity index (χ0n) is 11.0. The minimum Gasteiger partial charge on any atom is -0.314 e. The van der Waals surface area contributed by atoms with Crippen LogP contribution in [0.1, 0.15) is 18.5 Å². The van der Waals surface area contributed by atoms with Crippen LogP contribution in [0.5, 0.6) is 0 Å². The average Bonchev–Trinajstić information content (AvgIpc) is 2.39. The molecule has 1 aromatic rings. The molecule has 1 atom stereocenters. The van der Waals surface area contributed by atoms with Gasteiger partial charge in [0, 0.05) is 63.7 Å². The highest BCUT2D eigenvalue weighted by molar-refractivity contribution is 5.14. The lowest BCUT2D eigenvalue weighted by molar-refractivity contribution is 0.00340. The van der Waals surface area contributed by atoms with Crippen LogP contribution >= 0.6 is 0 Å². The summed E-state index contributed by atoms with van der Waals surface area (Å²) in [6.07, 6.45) is 3.83. The summed E-state index contributed by atoms with van der Waals surface area (Å²) in [6.45, 7) is 9.40. The number of hydrogen-bond acceptors (Lipinski definition) is 4. The normalized spacial score (nSPS) is 24.7. The molecule has 0 amide bonds. The van der Waals surface area contributed by atoms with E-state index in [1.54, 1.807) is 0 Å². The molecule has 1 unspecified atom stereocenters. The molecule has 0 aliphatic carbocycles. The van der Waals surface area contributed by atoms with E-state index in [1.807, 2.05) is 18.5 Å². The highest BCUT2D eigenvalue weighted by Gasteiger charge is 2.35. The first-order valence-electron chi connectivity index (χ1n) is 6.93. The van der Waals surface area contributed by atoms with Crippen LogP contribution in [0, 0.1) is 0 Å². The van der Waals surface area contributed by atoms with Crippen molar-refractivity contribution in [1.29, 1.82) is 0 Å². The van der Waals surface area contributed by atoms with Gasteiger partial charge >= 0.3 is 0 Å². The van der Waals surface area contributed by atoms with E-state index in [0.717, 1.165) is 19.1 Å². The molecule has 0 aromatic carbocycles. The van der Waals surface area contributed by atoms with Crippen LogP contribution in [0.15, 0.2) is 24.5 Å². The molecule has 1 N–H and O–H groups in total. The Labute approximate surface area is 109 Å². The fourth-order valence-corrected chi connectivity index (χ4v) is 2.92. The smallest absolute Gasteiger partial charge is 0.0351 e. The van der Waals surface area contributed by atoms with Crippen molar-refractivity contribution in [2.75, 3.05) is 39.3 Å². The Balaban J connectivity index is 1.52. The molecule has 4 nitrogen and oxygen atoms in total. The fourth-order valence-electron chi connectivity index (χ4n) is 2.92. The van der Waals surface area contributed by atoms with E-state index >= 15 is 0 Å². The van der Waals surface area contributed by atoms with E-state index in [4.69, 9.17) is 0 Å². The summed E-state index contributed by atoms with van der Waals surface area (Å²) < 4.78 is 0. The lowest BCUT2D eigenvalue weighted by Gasteiger charge is -2.49. The number of pyridine rings is 1. The van der Waals surface area contributed by atoms with E-state index in [9.17, 15) is 0 Å². The molecule has 3 rings (SSSR count). The van der Waals surface area contributed by atoms with E-state index in [0.29, 0.717) is 6.04 Å². The number of nitrogens with zero attached hydrogens (tertiary/aromatic N) is 3. The van der Waals surface area contributed by atoms with Crippen LogP contribution in [-0.4, -0.2) is 60.1 Å². The van der Waals surface area contributed by atoms with Gasteiger partial charge in [-0.25, -0.2) is 0 Å². The number of nitrogens with one attached hydrogen (secondary N) is 1. The molecule has 18 heavy (non-hydrogen) atoms. The first kappa shape index (κ1) is 12.1. The van der Waals surface area contributed by atoms with Crippen LogP contribution in [0.4, 0.5) is 0 Å². The second-order valence-electron chi connectivity index (χ2n) is 5.36. The molecule has 0 spiro atoms. The molecule has 3 heterocycles. The summed E-state index contributed by atoms with van der Waals surface area (Å²) in [7, 11) is 0. The largest absolute Gasteiger partial charge is 0.314 e. The van der Waals surface area contributed by atoms with Crippen molar-refractivity contribution in [1.82, 2.24) is 20.1 Å². The van der Waals surface area contributed by atoms with E-state index < -0.39 is 0 Å². The maximum absolute atomic E-state index is 4.21. The average molecular weight is 246 g/mol. The summed E-state index contributed by atoms with van der Waals surface area (Å²) in [5.74, 6) is 0. The Hall–Kier alpha value is -0.970. The van der Waals surface area contributed by atoms with Gasteiger partial charge in [0.25, 0.3) is 0 Å². The van der Waals surface area contributed by atoms with Crippen LogP contribution in [0.3, 0.4) is 0 Å². The summed E-state index contributed by atoms with van der Waals surface area (Å²) >= 11 is 0. The molecule has 2 saturated heterocycles. The van der Waals surface area contributed by atoms with Gasteiger partial charge < -0.3 is 5.32 Å². The van der Waals surface area contributed by atoms with Crippen molar-refractivity contribution in [3.63, 3.8) is 0 Å². The predicted molar refractivity (Wildman–Crippen MR) is 72.5 cm³/mol. The minimum absolute atomic E-state index is 0.498. The van der Waals surface area contributed by atoms with Gasteiger partial charge in [0.05, 0.1) is 0 Å². The van der Waals surface area contributed by atoms with Gasteiger partial charge in [-0.1, -0.05) is 6.07 Å². The maximum atomic E-state index is 4.21. The fraction of sp³-hybridized carbons (Fsp3) is 0.643. The summed E-state index contributed by atoms with van der Waals surface area (Å²) in [5.41, 5.74) is 1.33. The molecule has 2 aliphatic heterocycles. The molecule has 0 saturated carbocycles. The highest BCUT2D eigenvalue weighted by atomic mass is 15.3. The lowest BCUT2D eigenvalue weighted by Crippen LogP contribution is -2.62. The third-order valence-electron chi connectivity index (χ3n) is 4.27. The maximum Gasteiger partial charge on any atom is 0.0351 e. The molecule has 4 heteroatoms. The zero-order valence-corrected chi connectivity index (χ0v) is 11.0. The van der Waals surface area contributed by atoms with Crippen molar-refractivity contribution >= 4 is 0 Å². The van der Waals surface area contributed by atoms with Gasteiger partial charge in [-0.15, -0.1) is 0 Å². The Kier molecular flexibility index (Phi) is 3.59. The van der Waals surface area contributed by atoms with Gasteiger partial charge in [0.15, 0.2) is 0 Å². The molecule has 98 valence electrons. The van der Waals surface area contributed by atoms with E-state index in [2.05, 4.69) is 33.1 Å². The van der Waals surface area contributed by atoms with Gasteiger partial charge in [-0.3, -0.25) is 14.8 Å². The van der Waals surface area contributed by atoms with E-state index in [-0.39, 0.29) is 0 Å². The summed E-state index contributed by atoms with van der Waals surface area (Å²) in [5, 5.41) is 3.41. The number of piperazine rings is 1. The second-order valence-corrected chi connectivity index (χ2v) is 5.36. The topological polar surface area (TPSA) is 31.4 Å². The standard InChI is InChI=1S/C14H22N4/c1-12(13-3-2-4-16-9-13)18-10-14(11-18)17-7-5-15-6-8-17/h2-4,9,12,14-15H,5-8,10-11H2,1H3. The van der Waals surface area contributed by atoms with Crippen molar-refractivity contribution in [2.24, 2.45) is 0 Å². The monoisotopic (exact) mass is 246 g/mol. The van der Waals surface area contributed by atoms with Crippen LogP contribution < -0.4 is 5.32 Å². The summed E-state index contributed by atoms with van der Waals surface area (Å²) in [6, 6.07) is 5.47. The van der Waals surface area contributed by atoms with Gasteiger partial charge in [-0.2, -0.15) is 0 Å². The molecule has 2 fully saturated rings. The summed E-state index contributed by atoms with van der Waals surface area (Å²) in [4.78, 5) is 9.38. The molecule has 0 bridgehead atoms. The Morgan fingerprint density at radius 1 is 1.33 bits per heavy atom. The Morgan fingerprint density at radius 2 is 2.11 bits per heavy atom. The molecule has 2 aliphatic rings. The molecule has 1 aromatic heterocycles. The first-order chi connectivity index (χ1) is 8.84. The minimum atomic E-state index is 0.498. The molecular formula is C14H22N4. The number of aromatic nitrogens is 1. The predicted octanol–water partition coefficient (Wildman–Crippen LogP) is 0.732. The third kappa shape index (κ3) is 2.41. The van der Waals surface area contributed by atoms with Crippen LogP contribution in [0.25, 0.3) is 0 Å². The number of hydrogen-bond donors (Lipinski definition) is 1. The lowest BCUT2D eigenvalue weighted by atomic mass is 10.00. The quantitative estimate of drug-likeness (QED) is 0.852. The van der Waals surface area contributed by atoms with Crippen molar-refractivity contribution in [2.45, 2.75) is 19.0 Å². The number of rotatable bonds is 3. The van der Waals surface area contributed by atoms with Crippen molar-refractivity contribution in [3.8, 4) is 0 Å². The van der Waals surface area contributed by atoms with Crippen LogP contribution in [0.2, 0.25) is 0 Å². The van der Waals surface area contributed by atoms with Crippen LogP contribution in [-0.2, 0) is 0 Å². The third-order valence-corrected chi connectivity index (χ3v) is 4.27. The van der Waals surface area contributed by atoms with E-state index in [1.165, 1.54) is 31.7 Å². The first-order valence-corrected chi connectivity index (χ1v) is 6.93. The molecule has 0 radical (unpaired) electrons. The van der Waals surface area contributed by atoms with Gasteiger partial charge in [0.1, 0.15) is 0 Å². The van der Waals surface area contributed by atoms with Gasteiger partial charge in [0.2, 0.25) is 0 Å². The highest BCUT2D eigenvalue weighted by Crippen LogP contribution is 2.27. The number of likely N-dealkylation sites (tertiary alicyclic amines) is 1.